The molecule has 4 aromatic carbocycles. The molecule has 0 aromatic heterocycles. The molecular weight excluding hydrogens is 468 g/mol. The van der Waals surface area contributed by atoms with Gasteiger partial charge in [0, 0.05) is 5.56 Å². The van der Waals surface area contributed by atoms with Gasteiger partial charge in [-0.1, -0.05) is 48.0 Å². The first-order valence-corrected chi connectivity index (χ1v) is 10.9. The van der Waals surface area contributed by atoms with Gasteiger partial charge in [-0.05, 0) is 58.8 Å². The number of nitrogens with one attached hydrogen (secondary N) is 1. The molecule has 0 fully saturated rings. The maximum absolute atomic E-state index is 12.6. The normalized spacial score (nSPS) is 10.8. The molecule has 0 aliphatic carbocycles. The third-order valence-corrected chi connectivity index (χ3v) is 5.47. The Bertz CT molecular complexity index is 1410. The molecule has 0 atom stereocenters. The molecule has 7 nitrogen and oxygen atoms in total. The number of ether oxygens (including phenoxy) is 3. The van der Waals surface area contributed by atoms with Crippen LogP contribution in [0.2, 0.25) is 5.02 Å². The summed E-state index contributed by atoms with van der Waals surface area (Å²) >= 11 is 6.37. The predicted octanol–water partition coefficient (Wildman–Crippen LogP) is 5.49. The van der Waals surface area contributed by atoms with Crippen molar-refractivity contribution >= 4 is 40.5 Å². The second-order valence-electron chi connectivity index (χ2n) is 7.38. The first-order valence-electron chi connectivity index (χ1n) is 10.5. The van der Waals surface area contributed by atoms with Gasteiger partial charge in [0.05, 0.1) is 31.0 Å². The van der Waals surface area contributed by atoms with Crippen molar-refractivity contribution < 1.29 is 23.8 Å². The fourth-order valence-corrected chi connectivity index (χ4v) is 3.70. The van der Waals surface area contributed by atoms with Gasteiger partial charge in [-0.2, -0.15) is 5.10 Å². The van der Waals surface area contributed by atoms with E-state index in [0.717, 1.165) is 10.8 Å². The number of hydrazone groups is 1. The molecule has 0 radical (unpaired) electrons. The van der Waals surface area contributed by atoms with Crippen LogP contribution in [0.1, 0.15) is 26.3 Å². The van der Waals surface area contributed by atoms with Gasteiger partial charge >= 0.3 is 5.97 Å². The van der Waals surface area contributed by atoms with Crippen molar-refractivity contribution in [1.29, 1.82) is 0 Å². The van der Waals surface area contributed by atoms with E-state index in [9.17, 15) is 9.59 Å². The Hall–Kier alpha value is -4.36. The van der Waals surface area contributed by atoms with E-state index in [0.29, 0.717) is 22.4 Å². The Morgan fingerprint density at radius 1 is 0.914 bits per heavy atom. The van der Waals surface area contributed by atoms with E-state index >= 15 is 0 Å². The second kappa shape index (κ2) is 10.7. The zero-order valence-corrected chi connectivity index (χ0v) is 19.7. The van der Waals surface area contributed by atoms with Gasteiger partial charge in [0.2, 0.25) is 0 Å². The topological polar surface area (TPSA) is 86.2 Å². The average molecular weight is 489 g/mol. The summed E-state index contributed by atoms with van der Waals surface area (Å²) < 4.78 is 15.9. The predicted molar refractivity (Wildman–Crippen MR) is 135 cm³/mol. The largest absolute Gasteiger partial charge is 0.497 e. The number of esters is 1. The lowest BCUT2D eigenvalue weighted by molar-refractivity contribution is 0.0729. The van der Waals surface area contributed by atoms with Crippen LogP contribution < -0.4 is 19.6 Å². The van der Waals surface area contributed by atoms with E-state index in [-0.39, 0.29) is 22.4 Å². The number of benzene rings is 4. The van der Waals surface area contributed by atoms with Gasteiger partial charge in [-0.3, -0.25) is 4.79 Å². The number of hydrogen-bond donors (Lipinski definition) is 1. The molecule has 1 amide bonds. The number of halogens is 1. The van der Waals surface area contributed by atoms with Crippen molar-refractivity contribution in [3.63, 3.8) is 0 Å². The number of methoxy groups -OCH3 is 2. The molecular formula is C27H21ClN2O5. The van der Waals surface area contributed by atoms with Crippen LogP contribution in [0.4, 0.5) is 0 Å². The van der Waals surface area contributed by atoms with E-state index in [2.05, 4.69) is 10.5 Å². The van der Waals surface area contributed by atoms with Gasteiger partial charge in [-0.25, -0.2) is 10.2 Å². The summed E-state index contributed by atoms with van der Waals surface area (Å²) in [4.78, 5) is 25.2. The fraction of sp³-hybridized carbons (Fsp3) is 0.0741. The maximum Gasteiger partial charge on any atom is 0.343 e. The zero-order chi connectivity index (χ0) is 24.8. The minimum Gasteiger partial charge on any atom is -0.497 e. The van der Waals surface area contributed by atoms with Crippen molar-refractivity contribution in [3.05, 3.63) is 101 Å². The fourth-order valence-electron chi connectivity index (χ4n) is 3.44. The lowest BCUT2D eigenvalue weighted by Crippen LogP contribution is -2.18. The highest BCUT2D eigenvalue weighted by molar-refractivity contribution is 6.32. The Labute approximate surface area is 206 Å². The van der Waals surface area contributed by atoms with Crippen molar-refractivity contribution in [2.75, 3.05) is 14.2 Å². The molecule has 4 aromatic rings. The third-order valence-electron chi connectivity index (χ3n) is 5.19. The summed E-state index contributed by atoms with van der Waals surface area (Å²) in [6, 6.07) is 22.7. The molecule has 0 unspecified atom stereocenters. The van der Waals surface area contributed by atoms with Crippen molar-refractivity contribution in [3.8, 4) is 17.2 Å². The monoisotopic (exact) mass is 488 g/mol. The van der Waals surface area contributed by atoms with E-state index in [1.54, 1.807) is 42.5 Å². The van der Waals surface area contributed by atoms with Crippen molar-refractivity contribution in [2.24, 2.45) is 5.10 Å². The molecule has 0 aliphatic rings. The molecule has 0 saturated heterocycles. The molecule has 176 valence electrons. The van der Waals surface area contributed by atoms with Gasteiger partial charge in [-0.15, -0.1) is 0 Å². The summed E-state index contributed by atoms with van der Waals surface area (Å²) in [5.74, 6) is -0.0146. The molecule has 4 rings (SSSR count). The van der Waals surface area contributed by atoms with Crippen LogP contribution >= 0.6 is 11.6 Å². The quantitative estimate of drug-likeness (QED) is 0.161. The highest BCUT2D eigenvalue weighted by atomic mass is 35.5. The standard InChI is InChI=1S/C27H21ClN2O5/c1-33-20-12-10-19(11-13-20)27(32)35-25-23(28)14-17(15-24(25)34-2)16-29-30-26(31)22-9-5-7-18-6-3-4-8-21(18)22/h3-16H,1-2H3,(H,30,31)/b29-16-. The van der Waals surface area contributed by atoms with Crippen LogP contribution in [0.3, 0.4) is 0 Å². The van der Waals surface area contributed by atoms with Crippen molar-refractivity contribution in [1.82, 2.24) is 5.43 Å². The van der Waals surface area contributed by atoms with Gasteiger partial charge in [0.1, 0.15) is 5.75 Å². The number of amides is 1. The lowest BCUT2D eigenvalue weighted by atomic mass is 10.0. The van der Waals surface area contributed by atoms with Crippen LogP contribution in [0.5, 0.6) is 17.2 Å². The average Bonchev–Trinajstić information content (AvgIpc) is 2.89. The Kier molecular flexibility index (Phi) is 7.28. The summed E-state index contributed by atoms with van der Waals surface area (Å²) in [7, 11) is 2.97. The van der Waals surface area contributed by atoms with Crippen molar-refractivity contribution in [2.45, 2.75) is 0 Å². The van der Waals surface area contributed by atoms with Gasteiger partial charge in [0.25, 0.3) is 5.91 Å². The van der Waals surface area contributed by atoms with E-state index in [1.807, 2.05) is 36.4 Å². The summed E-state index contributed by atoms with van der Waals surface area (Å²) in [6.45, 7) is 0. The first kappa shape index (κ1) is 23.8. The zero-order valence-electron chi connectivity index (χ0n) is 18.9. The minimum absolute atomic E-state index is 0.0759. The number of fused-ring (bicyclic) bond motifs is 1. The van der Waals surface area contributed by atoms with Crippen LogP contribution in [0.15, 0.2) is 84.0 Å². The minimum atomic E-state index is -0.600. The maximum atomic E-state index is 12.6. The smallest absolute Gasteiger partial charge is 0.343 e. The van der Waals surface area contributed by atoms with Crippen LogP contribution in [0, 0.1) is 0 Å². The molecule has 0 bridgehead atoms. The molecule has 0 heterocycles. The Morgan fingerprint density at radius 3 is 2.40 bits per heavy atom. The van der Waals surface area contributed by atoms with Gasteiger partial charge in [0.15, 0.2) is 11.5 Å². The highest BCUT2D eigenvalue weighted by Gasteiger charge is 2.17. The summed E-state index contributed by atoms with van der Waals surface area (Å²) in [5, 5.41) is 5.97. The number of hydrogen-bond acceptors (Lipinski definition) is 6. The molecule has 8 heteroatoms. The van der Waals surface area contributed by atoms with Crippen LogP contribution in [-0.2, 0) is 0 Å². The number of rotatable bonds is 7. The third kappa shape index (κ3) is 5.42. The summed E-state index contributed by atoms with van der Waals surface area (Å²) in [6.07, 6.45) is 1.42. The number of carbonyl (C=O) groups excluding carboxylic acids is 2. The summed E-state index contributed by atoms with van der Waals surface area (Å²) in [5.41, 5.74) is 3.90. The van der Waals surface area contributed by atoms with Crippen LogP contribution in [0.25, 0.3) is 10.8 Å². The lowest BCUT2D eigenvalue weighted by Gasteiger charge is -2.12. The molecule has 0 saturated carbocycles. The van der Waals surface area contributed by atoms with Gasteiger partial charge < -0.3 is 14.2 Å². The van der Waals surface area contributed by atoms with E-state index in [1.165, 1.54) is 20.4 Å². The van der Waals surface area contributed by atoms with E-state index < -0.39 is 5.97 Å². The molecule has 0 aliphatic heterocycles. The Morgan fingerprint density at radius 2 is 1.66 bits per heavy atom. The van der Waals surface area contributed by atoms with E-state index in [4.69, 9.17) is 25.8 Å². The molecule has 35 heavy (non-hydrogen) atoms. The second-order valence-corrected chi connectivity index (χ2v) is 7.79. The van der Waals surface area contributed by atoms with Crippen LogP contribution in [-0.4, -0.2) is 32.3 Å². The highest BCUT2D eigenvalue weighted by Crippen LogP contribution is 2.36. The SMILES string of the molecule is COc1ccc(C(=O)Oc2c(Cl)cc(/C=N\NC(=O)c3cccc4ccccc34)cc2OC)cc1. The number of nitrogens with zero attached hydrogens (tertiary/aromatic N) is 1. The number of carbonyl (C=O) groups is 2. The molecule has 0 spiro atoms. The first-order chi connectivity index (χ1) is 17.0. The molecule has 1 N–H and O–H groups in total. The Balaban J connectivity index is 1.49.